The first-order chi connectivity index (χ1) is 17.4. The van der Waals surface area contributed by atoms with Crippen molar-refractivity contribution in [3.63, 3.8) is 0 Å². The lowest BCUT2D eigenvalue weighted by atomic mass is 10.0. The molecule has 0 aromatic heterocycles. The molecule has 8 nitrogen and oxygen atoms in total. The fraction of sp³-hybridized carbons (Fsp3) is 0.214. The van der Waals surface area contributed by atoms with E-state index in [1.54, 1.807) is 36.4 Å². The van der Waals surface area contributed by atoms with Crippen molar-refractivity contribution in [2.75, 3.05) is 34.5 Å². The molecule has 0 saturated carbocycles. The van der Waals surface area contributed by atoms with Gasteiger partial charge in [0.15, 0.2) is 23.9 Å². The summed E-state index contributed by atoms with van der Waals surface area (Å²) in [6.07, 6.45) is 3.98. The molecule has 8 heteroatoms. The van der Waals surface area contributed by atoms with Crippen molar-refractivity contribution in [1.29, 1.82) is 0 Å². The summed E-state index contributed by atoms with van der Waals surface area (Å²) in [5.41, 5.74) is 3.02. The van der Waals surface area contributed by atoms with E-state index in [0.717, 1.165) is 11.1 Å². The molecule has 2 N–H and O–H groups in total. The summed E-state index contributed by atoms with van der Waals surface area (Å²) >= 11 is 0. The van der Waals surface area contributed by atoms with Gasteiger partial charge in [-0.05, 0) is 35.4 Å². The highest BCUT2D eigenvalue weighted by molar-refractivity contribution is 6.09. The number of carboxylic acid groups (broad SMARTS) is 1. The molecule has 0 aliphatic heterocycles. The fourth-order valence-corrected chi connectivity index (χ4v) is 3.47. The number of hydrogen-bond acceptors (Lipinski definition) is 7. The third-order valence-electron chi connectivity index (χ3n) is 5.29. The lowest BCUT2D eigenvalue weighted by Crippen LogP contribution is -2.13. The van der Waals surface area contributed by atoms with E-state index in [-0.39, 0.29) is 12.4 Å². The molecule has 0 radical (unpaired) electrons. The Morgan fingerprint density at radius 1 is 0.861 bits per heavy atom. The molecule has 0 atom stereocenters. The van der Waals surface area contributed by atoms with Gasteiger partial charge in [0.05, 0.1) is 21.3 Å². The lowest BCUT2D eigenvalue weighted by Gasteiger charge is -2.13. The van der Waals surface area contributed by atoms with Gasteiger partial charge in [-0.3, -0.25) is 4.79 Å². The van der Waals surface area contributed by atoms with Gasteiger partial charge in [0, 0.05) is 24.2 Å². The molecule has 0 unspecified atom stereocenters. The van der Waals surface area contributed by atoms with Crippen LogP contribution in [0.3, 0.4) is 0 Å². The van der Waals surface area contributed by atoms with E-state index in [4.69, 9.17) is 24.1 Å². The van der Waals surface area contributed by atoms with Crippen LogP contribution in [0, 0.1) is 0 Å². The average molecular weight is 492 g/mol. The van der Waals surface area contributed by atoms with Crippen LogP contribution in [0.15, 0.2) is 66.7 Å². The minimum atomic E-state index is -1.01. The number of carbonyl (C=O) groups is 2. The van der Waals surface area contributed by atoms with Crippen molar-refractivity contribution >= 4 is 17.8 Å². The lowest BCUT2D eigenvalue weighted by molar-refractivity contribution is -0.139. The Labute approximate surface area is 210 Å². The van der Waals surface area contributed by atoms with Gasteiger partial charge in [-0.2, -0.15) is 0 Å². The minimum Gasteiger partial charge on any atom is -0.493 e. The van der Waals surface area contributed by atoms with Gasteiger partial charge in [0.1, 0.15) is 5.75 Å². The zero-order valence-corrected chi connectivity index (χ0v) is 20.4. The molecule has 3 rings (SSSR count). The molecule has 0 heterocycles. The molecule has 188 valence electrons. The molecule has 36 heavy (non-hydrogen) atoms. The molecule has 0 amide bonds. The zero-order chi connectivity index (χ0) is 25.9. The number of rotatable bonds is 13. The van der Waals surface area contributed by atoms with Crippen LogP contribution in [0.4, 0.5) is 0 Å². The number of carbonyl (C=O) groups excluding carboxylic acids is 1. The number of aliphatic carboxylic acids is 1. The Morgan fingerprint density at radius 3 is 2.06 bits per heavy atom. The first-order valence-corrected chi connectivity index (χ1v) is 11.2. The number of ketones is 1. The van der Waals surface area contributed by atoms with E-state index in [9.17, 15) is 9.59 Å². The predicted octanol–water partition coefficient (Wildman–Crippen LogP) is 4.21. The summed E-state index contributed by atoms with van der Waals surface area (Å²) in [5.74, 6) is 0.656. The van der Waals surface area contributed by atoms with E-state index >= 15 is 0 Å². The average Bonchev–Trinajstić information content (AvgIpc) is 2.91. The molecule has 0 bridgehead atoms. The van der Waals surface area contributed by atoms with Crippen molar-refractivity contribution in [3.8, 4) is 23.0 Å². The number of ether oxygens (including phenoxy) is 4. The number of benzene rings is 3. The van der Waals surface area contributed by atoms with E-state index in [1.165, 1.54) is 21.3 Å². The SMILES string of the molecule is COc1cc(C(=O)c2ccc(C=CCNCc3ccc(OCC(=O)O)cc3)cc2)cc(OC)c1OC. The van der Waals surface area contributed by atoms with Crippen LogP contribution in [-0.4, -0.2) is 51.3 Å². The largest absolute Gasteiger partial charge is 0.493 e. The number of nitrogens with one attached hydrogen (secondary N) is 1. The molecule has 3 aromatic rings. The molecule has 0 fully saturated rings. The summed E-state index contributed by atoms with van der Waals surface area (Å²) in [6.45, 7) is 0.956. The van der Waals surface area contributed by atoms with Gasteiger partial charge in [-0.1, -0.05) is 48.6 Å². The summed E-state index contributed by atoms with van der Waals surface area (Å²) in [4.78, 5) is 23.5. The monoisotopic (exact) mass is 491 g/mol. The summed E-state index contributed by atoms with van der Waals surface area (Å²) in [6, 6.07) is 17.9. The standard InChI is InChI=1S/C28H29NO7/c1-33-24-15-22(16-25(34-2)28(24)35-3)27(32)21-10-6-19(7-11-21)5-4-14-29-17-20-8-12-23(13-9-20)36-18-26(30)31/h4-13,15-16,29H,14,17-18H2,1-3H3,(H,30,31). The minimum absolute atomic E-state index is 0.147. The van der Waals surface area contributed by atoms with E-state index in [0.29, 0.717) is 47.2 Å². The van der Waals surface area contributed by atoms with Crippen LogP contribution in [0.2, 0.25) is 0 Å². The van der Waals surface area contributed by atoms with Gasteiger partial charge in [-0.15, -0.1) is 0 Å². The first-order valence-electron chi connectivity index (χ1n) is 11.2. The van der Waals surface area contributed by atoms with Crippen LogP contribution in [0.25, 0.3) is 6.08 Å². The highest BCUT2D eigenvalue weighted by Crippen LogP contribution is 2.38. The third kappa shape index (κ3) is 7.10. The summed E-state index contributed by atoms with van der Waals surface area (Å²) in [7, 11) is 4.54. The van der Waals surface area contributed by atoms with E-state index in [1.807, 2.05) is 36.4 Å². The quantitative estimate of drug-likeness (QED) is 0.271. The van der Waals surface area contributed by atoms with Crippen molar-refractivity contribution in [2.24, 2.45) is 0 Å². The van der Waals surface area contributed by atoms with E-state index < -0.39 is 5.97 Å². The van der Waals surface area contributed by atoms with Crippen LogP contribution < -0.4 is 24.3 Å². The molecular formula is C28H29NO7. The molecule has 0 saturated heterocycles. The summed E-state index contributed by atoms with van der Waals surface area (Å²) < 4.78 is 21.1. The maximum Gasteiger partial charge on any atom is 0.341 e. The second kappa shape index (κ2) is 13.0. The first kappa shape index (κ1) is 26.3. The highest BCUT2D eigenvalue weighted by atomic mass is 16.5. The Morgan fingerprint density at radius 2 is 1.50 bits per heavy atom. The van der Waals surface area contributed by atoms with Gasteiger partial charge < -0.3 is 29.4 Å². The Bertz CT molecular complexity index is 1180. The van der Waals surface area contributed by atoms with E-state index in [2.05, 4.69) is 5.32 Å². The van der Waals surface area contributed by atoms with Gasteiger partial charge in [0.25, 0.3) is 0 Å². The maximum absolute atomic E-state index is 13.0. The zero-order valence-electron chi connectivity index (χ0n) is 20.4. The number of carboxylic acids is 1. The second-order valence-corrected chi connectivity index (χ2v) is 7.72. The Hall–Kier alpha value is -4.30. The molecule has 3 aromatic carbocycles. The summed E-state index contributed by atoms with van der Waals surface area (Å²) in [5, 5.41) is 12.0. The van der Waals surface area contributed by atoms with Gasteiger partial charge >= 0.3 is 5.97 Å². The molecular weight excluding hydrogens is 462 g/mol. The van der Waals surface area contributed by atoms with Crippen molar-refractivity contribution in [3.05, 3.63) is 89.0 Å². The topological polar surface area (TPSA) is 103 Å². The molecule has 0 aliphatic carbocycles. The Balaban J connectivity index is 1.53. The third-order valence-corrected chi connectivity index (χ3v) is 5.29. The second-order valence-electron chi connectivity index (χ2n) is 7.72. The number of methoxy groups -OCH3 is 3. The Kier molecular flexibility index (Phi) is 9.48. The maximum atomic E-state index is 13.0. The smallest absolute Gasteiger partial charge is 0.341 e. The predicted molar refractivity (Wildman–Crippen MR) is 136 cm³/mol. The van der Waals surface area contributed by atoms with Crippen LogP contribution in [0.1, 0.15) is 27.0 Å². The van der Waals surface area contributed by atoms with Crippen LogP contribution >= 0.6 is 0 Å². The highest BCUT2D eigenvalue weighted by Gasteiger charge is 2.18. The fourth-order valence-electron chi connectivity index (χ4n) is 3.47. The van der Waals surface area contributed by atoms with Gasteiger partial charge in [-0.25, -0.2) is 4.79 Å². The number of hydrogen-bond donors (Lipinski definition) is 2. The van der Waals surface area contributed by atoms with Crippen molar-refractivity contribution in [1.82, 2.24) is 5.32 Å². The molecule has 0 aliphatic rings. The van der Waals surface area contributed by atoms with Crippen LogP contribution in [0.5, 0.6) is 23.0 Å². The van der Waals surface area contributed by atoms with Crippen molar-refractivity contribution < 1.29 is 33.6 Å². The van der Waals surface area contributed by atoms with Crippen LogP contribution in [-0.2, 0) is 11.3 Å². The molecule has 0 spiro atoms. The van der Waals surface area contributed by atoms with Gasteiger partial charge in [0.2, 0.25) is 5.75 Å². The van der Waals surface area contributed by atoms with Crippen molar-refractivity contribution in [2.45, 2.75) is 6.54 Å². The normalized spacial score (nSPS) is 10.8.